The number of rotatable bonds is 15. The van der Waals surface area contributed by atoms with Gasteiger partial charge in [0.2, 0.25) is 0 Å². The van der Waals surface area contributed by atoms with Crippen molar-refractivity contribution in [3.63, 3.8) is 0 Å². The molecule has 1 aliphatic rings. The predicted octanol–water partition coefficient (Wildman–Crippen LogP) is 5.10. The molecule has 4 atom stereocenters. The largest absolute Gasteiger partial charge is 0.494 e. The number of carbonyl (C=O) groups excluding carboxylic acids is 1. The lowest BCUT2D eigenvalue weighted by Gasteiger charge is -2.21. The van der Waals surface area contributed by atoms with E-state index in [0.29, 0.717) is 30.0 Å². The third kappa shape index (κ3) is 8.80. The van der Waals surface area contributed by atoms with Crippen LogP contribution in [-0.2, 0) is 0 Å². The van der Waals surface area contributed by atoms with E-state index in [9.17, 15) is 14.3 Å². The Hall–Kier alpha value is -2.48. The highest BCUT2D eigenvalue weighted by molar-refractivity contribution is 5.94. The van der Waals surface area contributed by atoms with Gasteiger partial charge in [-0.25, -0.2) is 4.39 Å². The standard InChI is InChI=1S/C30H43FN2O4/c1-21(25-12-14-28(31)29(20-25)37-2)33-27-13-11-26(19-27)23-7-9-24(10-8-23)30(36)32-16-3-5-22(15-18-35)6-4-17-34/h7-10,12,14,20-22,26-27,33-35H,3-6,11,13,15-19H2,1-2H3,(H,32,36). The molecule has 0 saturated heterocycles. The van der Waals surface area contributed by atoms with E-state index in [1.165, 1.54) is 18.7 Å². The molecule has 3 rings (SSSR count). The van der Waals surface area contributed by atoms with Crippen LogP contribution < -0.4 is 15.4 Å². The van der Waals surface area contributed by atoms with Gasteiger partial charge >= 0.3 is 0 Å². The quantitative estimate of drug-likeness (QED) is 0.248. The second-order valence-electron chi connectivity index (χ2n) is 10.3. The fourth-order valence-corrected chi connectivity index (χ4v) is 5.43. The number of hydrogen-bond acceptors (Lipinski definition) is 5. The third-order valence-electron chi connectivity index (χ3n) is 7.62. The molecule has 0 aliphatic heterocycles. The van der Waals surface area contributed by atoms with E-state index < -0.39 is 0 Å². The highest BCUT2D eigenvalue weighted by Gasteiger charge is 2.27. The first kappa shape index (κ1) is 29.1. The first-order valence-corrected chi connectivity index (χ1v) is 13.6. The number of hydrogen-bond donors (Lipinski definition) is 4. The van der Waals surface area contributed by atoms with Crippen molar-refractivity contribution in [2.75, 3.05) is 26.9 Å². The van der Waals surface area contributed by atoms with Crippen LogP contribution in [0, 0.1) is 11.7 Å². The minimum atomic E-state index is -0.350. The molecule has 1 fully saturated rings. The van der Waals surface area contributed by atoms with E-state index in [2.05, 4.69) is 29.7 Å². The minimum Gasteiger partial charge on any atom is -0.494 e. The van der Waals surface area contributed by atoms with Gasteiger partial charge in [-0.05, 0) is 106 Å². The molecule has 0 bridgehead atoms. The molecule has 6 nitrogen and oxygen atoms in total. The Morgan fingerprint density at radius 1 is 1.05 bits per heavy atom. The summed E-state index contributed by atoms with van der Waals surface area (Å²) in [6.07, 6.45) is 7.39. The summed E-state index contributed by atoms with van der Waals surface area (Å²) in [5.74, 6) is 0.697. The van der Waals surface area contributed by atoms with E-state index in [1.54, 1.807) is 12.1 Å². The van der Waals surface area contributed by atoms with Crippen molar-refractivity contribution in [2.24, 2.45) is 5.92 Å². The molecule has 2 aromatic carbocycles. The van der Waals surface area contributed by atoms with Crippen molar-refractivity contribution in [1.82, 2.24) is 10.6 Å². The van der Waals surface area contributed by atoms with Crippen LogP contribution >= 0.6 is 0 Å². The maximum atomic E-state index is 13.7. The number of aliphatic hydroxyl groups is 2. The Morgan fingerprint density at radius 2 is 1.81 bits per heavy atom. The monoisotopic (exact) mass is 514 g/mol. The van der Waals surface area contributed by atoms with Crippen LogP contribution in [0.1, 0.15) is 91.7 Å². The van der Waals surface area contributed by atoms with Crippen LogP contribution in [0.4, 0.5) is 4.39 Å². The molecule has 0 radical (unpaired) electrons. The molecule has 1 saturated carbocycles. The Morgan fingerprint density at radius 3 is 2.51 bits per heavy atom. The molecular formula is C30H43FN2O4. The van der Waals surface area contributed by atoms with Crippen LogP contribution in [0.15, 0.2) is 42.5 Å². The van der Waals surface area contributed by atoms with E-state index >= 15 is 0 Å². The van der Waals surface area contributed by atoms with Gasteiger partial charge in [-0.3, -0.25) is 4.79 Å². The Bertz CT molecular complexity index is 969. The zero-order valence-electron chi connectivity index (χ0n) is 22.2. The van der Waals surface area contributed by atoms with Crippen LogP contribution in [0.5, 0.6) is 5.75 Å². The smallest absolute Gasteiger partial charge is 0.251 e. The molecule has 0 heterocycles. The van der Waals surface area contributed by atoms with Gasteiger partial charge in [-0.15, -0.1) is 0 Å². The maximum Gasteiger partial charge on any atom is 0.251 e. The average molecular weight is 515 g/mol. The third-order valence-corrected chi connectivity index (χ3v) is 7.62. The topological polar surface area (TPSA) is 90.8 Å². The molecular weight excluding hydrogens is 471 g/mol. The molecule has 37 heavy (non-hydrogen) atoms. The molecule has 4 unspecified atom stereocenters. The fourth-order valence-electron chi connectivity index (χ4n) is 5.43. The Kier molecular flexibility index (Phi) is 11.8. The van der Waals surface area contributed by atoms with Gasteiger partial charge in [0.05, 0.1) is 7.11 Å². The van der Waals surface area contributed by atoms with E-state index in [-0.39, 0.29) is 36.7 Å². The highest BCUT2D eigenvalue weighted by Crippen LogP contribution is 2.36. The summed E-state index contributed by atoms with van der Waals surface area (Å²) in [5.41, 5.74) is 2.93. The number of methoxy groups -OCH3 is 1. The zero-order chi connectivity index (χ0) is 26.6. The molecule has 1 aliphatic carbocycles. The lowest BCUT2D eigenvalue weighted by Crippen LogP contribution is -2.29. The molecule has 204 valence electrons. The van der Waals surface area contributed by atoms with Gasteiger partial charge in [-0.1, -0.05) is 18.2 Å². The van der Waals surface area contributed by atoms with Crippen LogP contribution in [-0.4, -0.2) is 49.0 Å². The van der Waals surface area contributed by atoms with Crippen molar-refractivity contribution in [2.45, 2.75) is 76.3 Å². The number of aliphatic hydroxyl groups excluding tert-OH is 2. The highest BCUT2D eigenvalue weighted by atomic mass is 19.1. The van der Waals surface area contributed by atoms with Crippen molar-refractivity contribution in [3.05, 3.63) is 65.0 Å². The number of amides is 1. The molecule has 1 amide bonds. The van der Waals surface area contributed by atoms with E-state index in [1.807, 2.05) is 12.1 Å². The Balaban J connectivity index is 1.43. The van der Waals surface area contributed by atoms with Gasteiger partial charge in [0, 0.05) is 37.4 Å². The summed E-state index contributed by atoms with van der Waals surface area (Å²) in [7, 11) is 1.48. The predicted molar refractivity (Wildman–Crippen MR) is 144 cm³/mol. The summed E-state index contributed by atoms with van der Waals surface area (Å²) < 4.78 is 18.9. The molecule has 7 heteroatoms. The lowest BCUT2D eigenvalue weighted by atomic mass is 9.94. The van der Waals surface area contributed by atoms with Crippen LogP contribution in [0.3, 0.4) is 0 Å². The summed E-state index contributed by atoms with van der Waals surface area (Å²) in [5, 5.41) is 24.9. The summed E-state index contributed by atoms with van der Waals surface area (Å²) in [6, 6.07) is 13.5. The van der Waals surface area contributed by atoms with Gasteiger partial charge in [0.25, 0.3) is 5.91 Å². The zero-order valence-corrected chi connectivity index (χ0v) is 22.2. The first-order valence-electron chi connectivity index (χ1n) is 13.6. The fraction of sp³-hybridized carbons (Fsp3) is 0.567. The summed E-state index contributed by atoms with van der Waals surface area (Å²) in [6.45, 7) is 3.04. The summed E-state index contributed by atoms with van der Waals surface area (Å²) in [4.78, 5) is 12.6. The Labute approximate surface area is 220 Å². The average Bonchev–Trinajstić information content (AvgIpc) is 3.38. The molecule has 0 spiro atoms. The number of carbonyl (C=O) groups is 1. The second-order valence-corrected chi connectivity index (χ2v) is 10.3. The number of benzene rings is 2. The van der Waals surface area contributed by atoms with Crippen molar-refractivity contribution in [1.29, 1.82) is 0 Å². The number of ether oxygens (including phenoxy) is 1. The molecule has 2 aromatic rings. The van der Waals surface area contributed by atoms with Gasteiger partial charge < -0.3 is 25.6 Å². The molecule has 4 N–H and O–H groups in total. The minimum absolute atomic E-state index is 0.0601. The van der Waals surface area contributed by atoms with Crippen LogP contribution in [0.2, 0.25) is 0 Å². The second kappa shape index (κ2) is 15.1. The summed E-state index contributed by atoms with van der Waals surface area (Å²) >= 11 is 0. The van der Waals surface area contributed by atoms with Crippen LogP contribution in [0.25, 0.3) is 0 Å². The first-order chi connectivity index (χ1) is 17.9. The van der Waals surface area contributed by atoms with E-state index in [0.717, 1.165) is 56.9 Å². The number of nitrogens with one attached hydrogen (secondary N) is 2. The number of halogens is 1. The maximum absolute atomic E-state index is 13.7. The van der Waals surface area contributed by atoms with Gasteiger partial charge in [0.15, 0.2) is 11.6 Å². The van der Waals surface area contributed by atoms with Gasteiger partial charge in [0.1, 0.15) is 0 Å². The van der Waals surface area contributed by atoms with Gasteiger partial charge in [-0.2, -0.15) is 0 Å². The molecule has 0 aromatic heterocycles. The normalized spacial score (nSPS) is 18.9. The van der Waals surface area contributed by atoms with Crippen molar-refractivity contribution in [3.8, 4) is 5.75 Å². The van der Waals surface area contributed by atoms with Crippen molar-refractivity contribution >= 4 is 5.91 Å². The van der Waals surface area contributed by atoms with E-state index in [4.69, 9.17) is 9.84 Å². The lowest BCUT2D eigenvalue weighted by molar-refractivity contribution is 0.0952. The van der Waals surface area contributed by atoms with Crippen molar-refractivity contribution < 1.29 is 24.1 Å². The SMILES string of the molecule is COc1cc(C(C)NC2CCC(c3ccc(C(=O)NCCCC(CCO)CCCO)cc3)C2)ccc1F.